The van der Waals surface area contributed by atoms with Gasteiger partial charge in [0.25, 0.3) is 0 Å². The fourth-order valence-electron chi connectivity index (χ4n) is 3.75. The first-order valence-corrected chi connectivity index (χ1v) is 15.2. The molecule has 0 spiro atoms. The third kappa shape index (κ3) is 33.0. The van der Waals surface area contributed by atoms with Gasteiger partial charge in [-0.3, -0.25) is 4.79 Å². The third-order valence-corrected chi connectivity index (χ3v) is 5.96. The van der Waals surface area contributed by atoms with E-state index in [-0.39, 0.29) is 12.5 Å². The molecule has 0 unspecified atom stereocenters. The molecule has 0 aromatic heterocycles. The summed E-state index contributed by atoms with van der Waals surface area (Å²) in [7, 11) is 0. The average molecular weight is 546 g/mol. The van der Waals surface area contributed by atoms with Crippen molar-refractivity contribution in [2.75, 3.05) is 79.2 Å². The van der Waals surface area contributed by atoms with E-state index in [2.05, 4.69) is 24.4 Å². The first-order chi connectivity index (χ1) is 18.8. The van der Waals surface area contributed by atoms with Crippen molar-refractivity contribution in [1.29, 1.82) is 0 Å². The van der Waals surface area contributed by atoms with Gasteiger partial charge < -0.3 is 34.1 Å². The van der Waals surface area contributed by atoms with E-state index in [9.17, 15) is 4.79 Å². The quantitative estimate of drug-likeness (QED) is 0.0884. The average Bonchev–Trinajstić information content (AvgIpc) is 2.92. The van der Waals surface area contributed by atoms with Gasteiger partial charge in [-0.15, -0.1) is 0 Å². The van der Waals surface area contributed by atoms with Gasteiger partial charge in [-0.25, -0.2) is 0 Å². The second kappa shape index (κ2) is 34.0. The van der Waals surface area contributed by atoms with Crippen molar-refractivity contribution >= 4 is 5.91 Å². The second-order valence-corrected chi connectivity index (χ2v) is 9.47. The normalized spacial score (nSPS) is 11.5. The van der Waals surface area contributed by atoms with Gasteiger partial charge in [0.2, 0.25) is 5.91 Å². The zero-order valence-corrected chi connectivity index (χ0v) is 24.4. The summed E-state index contributed by atoms with van der Waals surface area (Å²) in [6.45, 7) is 7.69. The Labute approximate surface area is 233 Å². The maximum atomic E-state index is 11.9. The van der Waals surface area contributed by atoms with E-state index in [1.165, 1.54) is 70.6 Å². The van der Waals surface area contributed by atoms with Crippen LogP contribution in [0.25, 0.3) is 0 Å². The van der Waals surface area contributed by atoms with Crippen molar-refractivity contribution in [3.63, 3.8) is 0 Å². The van der Waals surface area contributed by atoms with Crippen LogP contribution in [0.5, 0.6) is 0 Å². The van der Waals surface area contributed by atoms with Crippen LogP contribution >= 0.6 is 0 Å². The van der Waals surface area contributed by atoms with Gasteiger partial charge in [0.05, 0.1) is 72.7 Å². The number of hydrogen-bond acceptors (Lipinski definition) is 7. The lowest BCUT2D eigenvalue weighted by Gasteiger charge is -2.08. The van der Waals surface area contributed by atoms with E-state index in [1.807, 2.05) is 0 Å². The summed E-state index contributed by atoms with van der Waals surface area (Å²) in [5, 5.41) is 11.5. The van der Waals surface area contributed by atoms with Crippen molar-refractivity contribution in [3.05, 3.63) is 12.2 Å². The molecular formula is C30H59NO7. The van der Waals surface area contributed by atoms with Gasteiger partial charge in [0, 0.05) is 13.0 Å². The van der Waals surface area contributed by atoms with Crippen LogP contribution in [0.3, 0.4) is 0 Å². The maximum Gasteiger partial charge on any atom is 0.220 e. The molecular weight excluding hydrogens is 486 g/mol. The minimum absolute atomic E-state index is 0.0307. The Bertz CT molecular complexity index is 491. The molecule has 0 atom stereocenters. The molecule has 226 valence electrons. The Balaban J connectivity index is 3.18. The molecule has 0 rings (SSSR count). The lowest BCUT2D eigenvalue weighted by Crippen LogP contribution is -2.27. The smallest absolute Gasteiger partial charge is 0.220 e. The minimum Gasteiger partial charge on any atom is -0.394 e. The highest BCUT2D eigenvalue weighted by molar-refractivity contribution is 5.75. The molecule has 0 bridgehead atoms. The molecule has 0 radical (unpaired) electrons. The summed E-state index contributed by atoms with van der Waals surface area (Å²) in [5.74, 6) is 0.112. The van der Waals surface area contributed by atoms with Crippen LogP contribution in [-0.4, -0.2) is 90.2 Å². The Morgan fingerprint density at radius 1 is 0.579 bits per heavy atom. The van der Waals surface area contributed by atoms with E-state index in [4.69, 9.17) is 28.8 Å². The van der Waals surface area contributed by atoms with Gasteiger partial charge in [0.1, 0.15) is 0 Å². The van der Waals surface area contributed by atoms with Crippen molar-refractivity contribution in [3.8, 4) is 0 Å². The molecule has 0 aromatic carbocycles. The number of allylic oxidation sites excluding steroid dienone is 2. The van der Waals surface area contributed by atoms with Crippen molar-refractivity contribution in [1.82, 2.24) is 5.32 Å². The molecule has 0 aliphatic rings. The first-order valence-electron chi connectivity index (χ1n) is 15.2. The maximum absolute atomic E-state index is 11.9. The molecule has 0 aliphatic carbocycles. The van der Waals surface area contributed by atoms with Gasteiger partial charge in [-0.1, -0.05) is 70.4 Å². The number of nitrogens with one attached hydrogen (secondary N) is 1. The molecule has 0 aromatic rings. The zero-order valence-electron chi connectivity index (χ0n) is 24.4. The van der Waals surface area contributed by atoms with Crippen LogP contribution in [0.15, 0.2) is 12.2 Å². The van der Waals surface area contributed by atoms with Crippen LogP contribution < -0.4 is 5.32 Å². The van der Waals surface area contributed by atoms with E-state index < -0.39 is 0 Å². The van der Waals surface area contributed by atoms with E-state index in [0.717, 1.165) is 12.8 Å². The summed E-state index contributed by atoms with van der Waals surface area (Å²) in [4.78, 5) is 11.9. The van der Waals surface area contributed by atoms with Crippen LogP contribution in [0, 0.1) is 0 Å². The number of aliphatic hydroxyl groups is 1. The van der Waals surface area contributed by atoms with E-state index >= 15 is 0 Å². The molecule has 0 aliphatic heterocycles. The first kappa shape index (κ1) is 37.0. The number of unbranched alkanes of at least 4 members (excludes halogenated alkanes) is 11. The largest absolute Gasteiger partial charge is 0.394 e. The highest BCUT2D eigenvalue weighted by atomic mass is 16.6. The molecule has 8 heteroatoms. The number of aliphatic hydroxyl groups excluding tert-OH is 1. The summed E-state index contributed by atoms with van der Waals surface area (Å²) < 4.78 is 26.7. The fraction of sp³-hybridized carbons (Fsp3) is 0.900. The standard InChI is InChI=1S/C30H59NO7/c1-2-3-4-5-6-7-8-9-10-11-12-13-14-15-16-17-30(33)31-18-20-34-22-24-36-26-28-38-29-27-37-25-23-35-21-19-32/h9-10,32H,2-8,11-29H2,1H3,(H,31,33)/b10-9-. The van der Waals surface area contributed by atoms with Crippen LogP contribution in [0.2, 0.25) is 0 Å². The zero-order chi connectivity index (χ0) is 27.6. The van der Waals surface area contributed by atoms with Crippen LogP contribution in [0.4, 0.5) is 0 Å². The lowest BCUT2D eigenvalue weighted by molar-refractivity contribution is -0.121. The molecule has 0 saturated heterocycles. The van der Waals surface area contributed by atoms with Gasteiger partial charge in [0.15, 0.2) is 0 Å². The van der Waals surface area contributed by atoms with Crippen molar-refractivity contribution in [2.24, 2.45) is 0 Å². The summed E-state index contributed by atoms with van der Waals surface area (Å²) in [6, 6.07) is 0. The fourth-order valence-corrected chi connectivity index (χ4v) is 3.75. The predicted octanol–water partition coefficient (Wildman–Crippen LogP) is 5.22. The summed E-state index contributed by atoms with van der Waals surface area (Å²) >= 11 is 0. The van der Waals surface area contributed by atoms with Crippen molar-refractivity contribution in [2.45, 2.75) is 96.8 Å². The molecule has 38 heavy (non-hydrogen) atoms. The monoisotopic (exact) mass is 545 g/mol. The summed E-state index contributed by atoms with van der Waals surface area (Å²) in [6.07, 6.45) is 21.7. The minimum atomic E-state index is 0.0307. The molecule has 1 amide bonds. The molecule has 0 fully saturated rings. The highest BCUT2D eigenvalue weighted by Crippen LogP contribution is 2.10. The van der Waals surface area contributed by atoms with E-state index in [1.54, 1.807) is 0 Å². The highest BCUT2D eigenvalue weighted by Gasteiger charge is 2.00. The molecule has 0 saturated carbocycles. The topological polar surface area (TPSA) is 95.5 Å². The van der Waals surface area contributed by atoms with Gasteiger partial charge in [-0.05, 0) is 32.1 Å². The second-order valence-electron chi connectivity index (χ2n) is 9.47. The van der Waals surface area contributed by atoms with E-state index in [0.29, 0.717) is 79.0 Å². The van der Waals surface area contributed by atoms with Gasteiger partial charge >= 0.3 is 0 Å². The predicted molar refractivity (Wildman–Crippen MR) is 154 cm³/mol. The number of hydrogen-bond donors (Lipinski definition) is 2. The molecule has 8 nitrogen and oxygen atoms in total. The Kier molecular flexibility index (Phi) is 33.1. The van der Waals surface area contributed by atoms with Crippen LogP contribution in [-0.2, 0) is 28.5 Å². The lowest BCUT2D eigenvalue weighted by atomic mass is 10.1. The Morgan fingerprint density at radius 3 is 1.50 bits per heavy atom. The Hall–Kier alpha value is -1.03. The Morgan fingerprint density at radius 2 is 1.00 bits per heavy atom. The third-order valence-electron chi connectivity index (χ3n) is 5.96. The number of carbonyl (C=O) groups is 1. The summed E-state index contributed by atoms with van der Waals surface area (Å²) in [5.41, 5.74) is 0. The van der Waals surface area contributed by atoms with Gasteiger partial charge in [-0.2, -0.15) is 0 Å². The number of rotatable bonds is 32. The van der Waals surface area contributed by atoms with Crippen LogP contribution in [0.1, 0.15) is 96.8 Å². The number of amides is 1. The molecule has 0 heterocycles. The SMILES string of the molecule is CCCCCCCC/C=C\CCCCCCCC(=O)NCCOCCOCCOCCOCCOCCO. The molecule has 2 N–H and O–H groups in total. The number of ether oxygens (including phenoxy) is 5. The van der Waals surface area contributed by atoms with Crippen molar-refractivity contribution < 1.29 is 33.6 Å². The number of carbonyl (C=O) groups excluding carboxylic acids is 1.